The second kappa shape index (κ2) is 8.12. The summed E-state index contributed by atoms with van der Waals surface area (Å²) in [6, 6.07) is 13.2. The molecule has 0 fully saturated rings. The summed E-state index contributed by atoms with van der Waals surface area (Å²) < 4.78 is 24.3. The van der Waals surface area contributed by atoms with Crippen LogP contribution in [0.25, 0.3) is 0 Å². The van der Waals surface area contributed by atoms with Gasteiger partial charge in [0.1, 0.15) is 5.82 Å². The van der Waals surface area contributed by atoms with Crippen molar-refractivity contribution in [1.82, 2.24) is 0 Å². The quantitative estimate of drug-likeness (QED) is 0.828. The van der Waals surface area contributed by atoms with Crippen molar-refractivity contribution in [2.45, 2.75) is 31.8 Å². The number of aliphatic carboxylic acids is 1. The number of aliphatic hydroxyl groups excluding tert-OH is 1. The fourth-order valence-electron chi connectivity index (χ4n) is 2.78. The van der Waals surface area contributed by atoms with Crippen molar-refractivity contribution >= 4 is 5.97 Å². The molecule has 1 heterocycles. The van der Waals surface area contributed by atoms with Crippen molar-refractivity contribution in [3.8, 4) is 0 Å². The van der Waals surface area contributed by atoms with Gasteiger partial charge in [-0.15, -0.1) is 0 Å². The molecule has 1 aliphatic rings. The molecule has 0 amide bonds. The van der Waals surface area contributed by atoms with Crippen LogP contribution in [-0.2, 0) is 27.5 Å². The number of rotatable bonds is 6. The lowest BCUT2D eigenvalue weighted by Crippen LogP contribution is -2.26. The zero-order valence-electron chi connectivity index (χ0n) is 14.0. The van der Waals surface area contributed by atoms with Crippen LogP contribution >= 0.6 is 0 Å². The molecule has 2 aromatic carbocycles. The lowest BCUT2D eigenvalue weighted by Gasteiger charge is -2.28. The van der Waals surface area contributed by atoms with Gasteiger partial charge in [0.05, 0.1) is 13.2 Å². The number of allylic oxidation sites excluding steroid dienone is 1. The summed E-state index contributed by atoms with van der Waals surface area (Å²) in [5.41, 5.74) is 2.49. The molecule has 0 bridgehead atoms. The van der Waals surface area contributed by atoms with Crippen LogP contribution in [0.2, 0.25) is 0 Å². The van der Waals surface area contributed by atoms with Crippen LogP contribution in [0.3, 0.4) is 0 Å². The average molecular weight is 358 g/mol. The SMILES string of the molecule is O=C(O)C1=C[C@H](c2ccc(F)cc2)C[C@H](OCc2ccc(CO)cc2)O1. The standard InChI is InChI=1S/C20H19FO5/c21-17-7-5-15(6-8-17)16-9-18(20(23)24)26-19(10-16)25-12-14-3-1-13(11-22)2-4-14/h1-9,16,19,22H,10-12H2,(H,23,24)/t16-,19+/m0/s1. The molecule has 2 atom stereocenters. The lowest BCUT2D eigenvalue weighted by molar-refractivity contribution is -0.159. The summed E-state index contributed by atoms with van der Waals surface area (Å²) in [5.74, 6) is -1.93. The highest BCUT2D eigenvalue weighted by Crippen LogP contribution is 2.32. The number of hydrogen-bond donors (Lipinski definition) is 2. The Bertz CT molecular complexity index is 783. The van der Waals surface area contributed by atoms with E-state index in [1.165, 1.54) is 18.2 Å². The summed E-state index contributed by atoms with van der Waals surface area (Å²) in [6.07, 6.45) is 1.22. The second-order valence-corrected chi connectivity index (χ2v) is 6.06. The minimum atomic E-state index is -1.17. The number of benzene rings is 2. The number of hydrogen-bond acceptors (Lipinski definition) is 4. The molecule has 1 aliphatic heterocycles. The fraction of sp³-hybridized carbons (Fsp3) is 0.250. The van der Waals surface area contributed by atoms with E-state index in [2.05, 4.69) is 0 Å². The van der Waals surface area contributed by atoms with Crippen molar-refractivity contribution in [3.63, 3.8) is 0 Å². The van der Waals surface area contributed by atoms with Crippen LogP contribution in [0.5, 0.6) is 0 Å². The molecular formula is C20H19FO5. The number of ether oxygens (including phenoxy) is 2. The van der Waals surface area contributed by atoms with Crippen LogP contribution in [0.15, 0.2) is 60.4 Å². The van der Waals surface area contributed by atoms with E-state index in [-0.39, 0.29) is 30.7 Å². The predicted molar refractivity (Wildman–Crippen MR) is 91.5 cm³/mol. The van der Waals surface area contributed by atoms with Gasteiger partial charge in [-0.3, -0.25) is 0 Å². The number of carbonyl (C=O) groups is 1. The highest BCUT2D eigenvalue weighted by Gasteiger charge is 2.28. The Morgan fingerprint density at radius 1 is 1.12 bits per heavy atom. The van der Waals surface area contributed by atoms with Crippen LogP contribution in [0, 0.1) is 5.82 Å². The van der Waals surface area contributed by atoms with E-state index >= 15 is 0 Å². The van der Waals surface area contributed by atoms with E-state index in [0.717, 1.165) is 16.7 Å². The van der Waals surface area contributed by atoms with E-state index in [1.54, 1.807) is 24.3 Å². The Kier molecular flexibility index (Phi) is 5.65. The van der Waals surface area contributed by atoms with Crippen molar-refractivity contribution < 1.29 is 28.9 Å². The maximum absolute atomic E-state index is 13.1. The van der Waals surface area contributed by atoms with Gasteiger partial charge in [0.25, 0.3) is 0 Å². The molecule has 0 saturated carbocycles. The van der Waals surface area contributed by atoms with E-state index in [4.69, 9.17) is 14.6 Å². The summed E-state index contributed by atoms with van der Waals surface area (Å²) in [7, 11) is 0. The van der Waals surface area contributed by atoms with Gasteiger partial charge in [-0.05, 0) is 34.9 Å². The maximum atomic E-state index is 13.1. The molecule has 0 radical (unpaired) electrons. The van der Waals surface area contributed by atoms with Gasteiger partial charge in [0.15, 0.2) is 0 Å². The normalized spacial score (nSPS) is 19.5. The third-order valence-electron chi connectivity index (χ3n) is 4.21. The third kappa shape index (κ3) is 4.47. The van der Waals surface area contributed by atoms with Gasteiger partial charge in [-0.2, -0.15) is 0 Å². The van der Waals surface area contributed by atoms with E-state index in [0.29, 0.717) is 6.42 Å². The molecule has 5 nitrogen and oxygen atoms in total. The first kappa shape index (κ1) is 18.1. The number of aliphatic hydroxyl groups is 1. The highest BCUT2D eigenvalue weighted by molar-refractivity contribution is 5.84. The number of halogens is 1. The van der Waals surface area contributed by atoms with Gasteiger partial charge in [0.2, 0.25) is 12.0 Å². The van der Waals surface area contributed by atoms with Gasteiger partial charge < -0.3 is 19.7 Å². The fourth-order valence-corrected chi connectivity index (χ4v) is 2.78. The molecule has 2 aromatic rings. The Balaban J connectivity index is 1.70. The van der Waals surface area contributed by atoms with Crippen molar-refractivity contribution in [1.29, 1.82) is 0 Å². The lowest BCUT2D eigenvalue weighted by atomic mass is 9.93. The van der Waals surface area contributed by atoms with Crippen molar-refractivity contribution in [3.05, 3.63) is 82.9 Å². The minimum absolute atomic E-state index is 0.0288. The molecule has 26 heavy (non-hydrogen) atoms. The van der Waals surface area contributed by atoms with Crippen LogP contribution in [0.1, 0.15) is 29.0 Å². The predicted octanol–water partition coefficient (Wildman–Crippen LogP) is 3.33. The van der Waals surface area contributed by atoms with E-state index < -0.39 is 12.3 Å². The summed E-state index contributed by atoms with van der Waals surface area (Å²) in [4.78, 5) is 11.3. The molecule has 0 aromatic heterocycles. The summed E-state index contributed by atoms with van der Waals surface area (Å²) >= 11 is 0. The Labute approximate surface area is 150 Å². The highest BCUT2D eigenvalue weighted by atomic mass is 19.1. The van der Waals surface area contributed by atoms with E-state index in [1.807, 2.05) is 12.1 Å². The summed E-state index contributed by atoms with van der Waals surface area (Å²) in [5, 5.41) is 18.3. The first-order valence-electron chi connectivity index (χ1n) is 8.22. The molecule has 0 aliphatic carbocycles. The van der Waals surface area contributed by atoms with Gasteiger partial charge in [0, 0.05) is 12.3 Å². The number of carboxylic acid groups (broad SMARTS) is 1. The third-order valence-corrected chi connectivity index (χ3v) is 4.21. The molecule has 0 spiro atoms. The number of carboxylic acids is 1. The topological polar surface area (TPSA) is 76.0 Å². The molecule has 2 N–H and O–H groups in total. The van der Waals surface area contributed by atoms with Crippen LogP contribution in [-0.4, -0.2) is 22.5 Å². The molecule has 3 rings (SSSR count). The molecule has 136 valence electrons. The zero-order valence-corrected chi connectivity index (χ0v) is 14.0. The van der Waals surface area contributed by atoms with Crippen molar-refractivity contribution in [2.75, 3.05) is 0 Å². The molecular weight excluding hydrogens is 339 g/mol. The first-order valence-corrected chi connectivity index (χ1v) is 8.22. The monoisotopic (exact) mass is 358 g/mol. The Hall–Kier alpha value is -2.70. The summed E-state index contributed by atoms with van der Waals surface area (Å²) in [6.45, 7) is 0.221. The molecule has 6 heteroatoms. The molecule has 0 saturated heterocycles. The minimum Gasteiger partial charge on any atom is -0.475 e. The zero-order chi connectivity index (χ0) is 18.5. The van der Waals surface area contributed by atoms with Gasteiger partial charge in [-0.25, -0.2) is 9.18 Å². The molecule has 0 unspecified atom stereocenters. The van der Waals surface area contributed by atoms with Gasteiger partial charge in [-0.1, -0.05) is 36.4 Å². The maximum Gasteiger partial charge on any atom is 0.370 e. The second-order valence-electron chi connectivity index (χ2n) is 6.06. The van der Waals surface area contributed by atoms with Crippen LogP contribution < -0.4 is 0 Å². The Morgan fingerprint density at radius 3 is 2.38 bits per heavy atom. The largest absolute Gasteiger partial charge is 0.475 e. The van der Waals surface area contributed by atoms with Crippen LogP contribution in [0.4, 0.5) is 4.39 Å². The first-order chi connectivity index (χ1) is 12.5. The van der Waals surface area contributed by atoms with Gasteiger partial charge >= 0.3 is 5.97 Å². The van der Waals surface area contributed by atoms with Crippen molar-refractivity contribution in [2.24, 2.45) is 0 Å². The Morgan fingerprint density at radius 2 is 1.77 bits per heavy atom. The average Bonchev–Trinajstić information content (AvgIpc) is 2.67. The smallest absolute Gasteiger partial charge is 0.370 e. The van der Waals surface area contributed by atoms with E-state index in [9.17, 15) is 14.3 Å².